The lowest BCUT2D eigenvalue weighted by atomic mass is 10.1. The molecule has 6 nitrogen and oxygen atoms in total. The molecule has 0 radical (unpaired) electrons. The van der Waals surface area contributed by atoms with Crippen molar-refractivity contribution in [2.75, 3.05) is 39.3 Å². The molecule has 2 aromatic rings. The molecule has 4 heterocycles. The van der Waals surface area contributed by atoms with Crippen LogP contribution in [0.3, 0.4) is 0 Å². The minimum Gasteiger partial charge on any atom is -0.338 e. The molecule has 0 unspecified atom stereocenters. The number of hydrogen-bond acceptors (Lipinski definition) is 6. The van der Waals surface area contributed by atoms with Gasteiger partial charge in [0.15, 0.2) is 0 Å². The fourth-order valence-corrected chi connectivity index (χ4v) is 7.90. The summed E-state index contributed by atoms with van der Waals surface area (Å²) in [6.07, 6.45) is 1.45. The van der Waals surface area contributed by atoms with Gasteiger partial charge in [-0.1, -0.05) is 0 Å². The molecular weight excluding hydrogens is 426 g/mol. The Bertz CT molecular complexity index is 988. The molecule has 0 aliphatic carbocycles. The molecule has 2 aromatic heterocycles. The zero-order valence-corrected chi connectivity index (χ0v) is 19.3. The number of aryl methyl sites for hydroxylation is 2. The van der Waals surface area contributed by atoms with Crippen molar-refractivity contribution in [1.82, 2.24) is 14.1 Å². The number of fused-ring (bicyclic) bond motifs is 1. The maximum Gasteiger partial charge on any atom is 0.244 e. The van der Waals surface area contributed by atoms with E-state index in [0.717, 1.165) is 29.3 Å². The van der Waals surface area contributed by atoms with E-state index in [9.17, 15) is 13.2 Å². The average molecular weight is 454 g/mol. The van der Waals surface area contributed by atoms with Gasteiger partial charge in [0.1, 0.15) is 0 Å². The number of rotatable bonds is 5. The largest absolute Gasteiger partial charge is 0.338 e. The topological polar surface area (TPSA) is 60.9 Å². The predicted octanol–water partition coefficient (Wildman–Crippen LogP) is 2.71. The van der Waals surface area contributed by atoms with Crippen LogP contribution in [0, 0.1) is 13.8 Å². The first-order valence-electron chi connectivity index (χ1n) is 9.97. The van der Waals surface area contributed by atoms with Gasteiger partial charge in [-0.25, -0.2) is 8.42 Å². The fraction of sp³-hybridized carbons (Fsp3) is 0.550. The summed E-state index contributed by atoms with van der Waals surface area (Å²) in [4.78, 5) is 20.5. The summed E-state index contributed by atoms with van der Waals surface area (Å²) >= 11 is 3.30. The lowest BCUT2D eigenvalue weighted by Crippen LogP contribution is -2.49. The molecule has 0 aromatic carbocycles. The van der Waals surface area contributed by atoms with Gasteiger partial charge in [0.2, 0.25) is 15.9 Å². The van der Waals surface area contributed by atoms with E-state index in [-0.39, 0.29) is 5.91 Å². The first-order chi connectivity index (χ1) is 13.8. The SMILES string of the molecule is Cc1cc(S(=O)(=O)N2CCN(CCC(=O)N3CCc4sccc4C3)CC2)c(C)s1. The second-order valence-corrected chi connectivity index (χ2v) is 12.1. The third-order valence-electron chi connectivity index (χ3n) is 5.75. The monoisotopic (exact) mass is 453 g/mol. The van der Waals surface area contributed by atoms with Gasteiger partial charge in [-0.05, 0) is 43.3 Å². The van der Waals surface area contributed by atoms with Crippen molar-refractivity contribution in [2.45, 2.75) is 38.1 Å². The number of sulfonamides is 1. The molecule has 0 saturated carbocycles. The van der Waals surface area contributed by atoms with Crippen LogP contribution in [0.1, 0.15) is 26.6 Å². The van der Waals surface area contributed by atoms with Crippen molar-refractivity contribution < 1.29 is 13.2 Å². The highest BCUT2D eigenvalue weighted by atomic mass is 32.2. The van der Waals surface area contributed by atoms with E-state index >= 15 is 0 Å². The molecule has 158 valence electrons. The highest BCUT2D eigenvalue weighted by Gasteiger charge is 2.31. The van der Waals surface area contributed by atoms with Gasteiger partial charge in [-0.15, -0.1) is 22.7 Å². The summed E-state index contributed by atoms with van der Waals surface area (Å²) in [5.41, 5.74) is 1.28. The Morgan fingerprint density at radius 2 is 1.90 bits per heavy atom. The van der Waals surface area contributed by atoms with E-state index in [0.29, 0.717) is 44.0 Å². The molecule has 2 aliphatic heterocycles. The van der Waals surface area contributed by atoms with E-state index in [1.807, 2.05) is 18.7 Å². The van der Waals surface area contributed by atoms with Crippen molar-refractivity contribution in [3.8, 4) is 0 Å². The van der Waals surface area contributed by atoms with Crippen LogP contribution >= 0.6 is 22.7 Å². The first kappa shape index (κ1) is 21.0. The van der Waals surface area contributed by atoms with Crippen LogP contribution < -0.4 is 0 Å². The van der Waals surface area contributed by atoms with Gasteiger partial charge < -0.3 is 9.80 Å². The van der Waals surface area contributed by atoms with Crippen molar-refractivity contribution >= 4 is 38.6 Å². The zero-order valence-electron chi connectivity index (χ0n) is 16.9. The summed E-state index contributed by atoms with van der Waals surface area (Å²) in [7, 11) is -3.42. The number of carbonyl (C=O) groups is 1. The maximum absolute atomic E-state index is 12.9. The van der Waals surface area contributed by atoms with Crippen LogP contribution in [0.4, 0.5) is 0 Å². The fourth-order valence-electron chi connectivity index (χ4n) is 4.07. The van der Waals surface area contributed by atoms with Crippen molar-refractivity contribution in [3.05, 3.63) is 37.7 Å². The summed E-state index contributed by atoms with van der Waals surface area (Å²) in [6, 6.07) is 3.90. The van der Waals surface area contributed by atoms with Gasteiger partial charge in [0.05, 0.1) is 4.90 Å². The van der Waals surface area contributed by atoms with Crippen molar-refractivity contribution in [2.24, 2.45) is 0 Å². The predicted molar refractivity (Wildman–Crippen MR) is 117 cm³/mol. The Morgan fingerprint density at radius 1 is 1.14 bits per heavy atom. The quantitative estimate of drug-likeness (QED) is 0.698. The number of thiophene rings is 2. The Morgan fingerprint density at radius 3 is 2.59 bits per heavy atom. The molecule has 9 heteroatoms. The van der Waals surface area contributed by atoms with Crippen LogP contribution in [0.5, 0.6) is 0 Å². The Balaban J connectivity index is 1.27. The van der Waals surface area contributed by atoms with Crippen LogP contribution in [-0.2, 0) is 27.8 Å². The molecular formula is C20H27N3O3S3. The normalized spacial score (nSPS) is 18.8. The third-order valence-corrected chi connectivity index (χ3v) is 9.89. The first-order valence-corrected chi connectivity index (χ1v) is 13.1. The van der Waals surface area contributed by atoms with Crippen LogP contribution in [0.15, 0.2) is 22.4 Å². The number of amides is 1. The van der Waals surface area contributed by atoms with Gasteiger partial charge in [-0.2, -0.15) is 4.31 Å². The molecule has 0 atom stereocenters. The van der Waals surface area contributed by atoms with Crippen molar-refractivity contribution in [3.63, 3.8) is 0 Å². The zero-order chi connectivity index (χ0) is 20.6. The molecule has 1 amide bonds. The van der Waals surface area contributed by atoms with Crippen LogP contribution in [0.2, 0.25) is 0 Å². The maximum atomic E-state index is 12.9. The molecule has 0 spiro atoms. The number of carbonyl (C=O) groups excluding carboxylic acids is 1. The minimum atomic E-state index is -3.42. The molecule has 0 N–H and O–H groups in total. The van der Waals surface area contributed by atoms with E-state index in [1.165, 1.54) is 21.8 Å². The number of hydrogen-bond donors (Lipinski definition) is 0. The van der Waals surface area contributed by atoms with Crippen molar-refractivity contribution in [1.29, 1.82) is 0 Å². The Kier molecular flexibility index (Phi) is 6.13. The second-order valence-electron chi connectivity index (χ2n) is 7.71. The molecule has 0 bridgehead atoms. The summed E-state index contributed by atoms with van der Waals surface area (Å²) in [5, 5.41) is 2.10. The second kappa shape index (κ2) is 8.47. The van der Waals surface area contributed by atoms with Gasteiger partial charge in [0, 0.05) is 66.9 Å². The molecule has 2 aliphatic rings. The lowest BCUT2D eigenvalue weighted by molar-refractivity contribution is -0.132. The summed E-state index contributed by atoms with van der Waals surface area (Å²) in [5.74, 6) is 0.196. The summed E-state index contributed by atoms with van der Waals surface area (Å²) < 4.78 is 27.5. The molecule has 29 heavy (non-hydrogen) atoms. The molecule has 1 saturated heterocycles. The number of nitrogens with zero attached hydrogens (tertiary/aromatic N) is 3. The standard InChI is InChI=1S/C20H27N3O3S3/c1-15-13-19(16(2)28-15)29(25,26)23-10-8-21(9-11-23)6-4-20(24)22-7-3-18-17(14-22)5-12-27-18/h5,12-13H,3-4,6-11,14H2,1-2H3. The van der Waals surface area contributed by atoms with Gasteiger partial charge >= 0.3 is 0 Å². The van der Waals surface area contributed by atoms with Gasteiger partial charge in [-0.3, -0.25) is 4.79 Å². The highest BCUT2D eigenvalue weighted by Crippen LogP contribution is 2.28. The van der Waals surface area contributed by atoms with E-state index in [4.69, 9.17) is 0 Å². The van der Waals surface area contributed by atoms with E-state index in [2.05, 4.69) is 16.3 Å². The van der Waals surface area contributed by atoms with Crippen LogP contribution in [-0.4, -0.2) is 67.7 Å². The highest BCUT2D eigenvalue weighted by molar-refractivity contribution is 7.89. The van der Waals surface area contributed by atoms with E-state index in [1.54, 1.807) is 21.7 Å². The number of piperazine rings is 1. The molecule has 1 fully saturated rings. The minimum absolute atomic E-state index is 0.196. The average Bonchev–Trinajstić information content (AvgIpc) is 3.31. The van der Waals surface area contributed by atoms with Gasteiger partial charge in [0.25, 0.3) is 0 Å². The smallest absolute Gasteiger partial charge is 0.244 e. The van der Waals surface area contributed by atoms with Crippen LogP contribution in [0.25, 0.3) is 0 Å². The summed E-state index contributed by atoms with van der Waals surface area (Å²) in [6.45, 7) is 8.32. The third kappa shape index (κ3) is 4.44. The lowest BCUT2D eigenvalue weighted by Gasteiger charge is -2.34. The molecule has 4 rings (SSSR count). The van der Waals surface area contributed by atoms with E-state index < -0.39 is 10.0 Å². The Hall–Kier alpha value is -1.26. The Labute approximate surface area is 180 Å².